The zero-order chi connectivity index (χ0) is 16.8. The van der Waals surface area contributed by atoms with E-state index in [0.717, 1.165) is 6.42 Å². The van der Waals surface area contributed by atoms with Gasteiger partial charge in [-0.1, -0.05) is 12.1 Å². The second-order valence-corrected chi connectivity index (χ2v) is 6.58. The molecule has 1 N–H and O–H groups in total. The molecule has 2 aliphatic rings. The summed E-state index contributed by atoms with van der Waals surface area (Å²) in [5.41, 5.74) is -0.816. The number of likely N-dealkylation sites (tertiary alicyclic amines) is 1. The van der Waals surface area contributed by atoms with E-state index >= 15 is 0 Å². The van der Waals surface area contributed by atoms with Crippen LogP contribution in [0.4, 0.5) is 4.79 Å². The number of rotatable bonds is 4. The number of nitrogens with zero attached hydrogens (tertiary/aromatic N) is 4. The normalized spacial score (nSPS) is 26.6. The van der Waals surface area contributed by atoms with E-state index in [1.807, 2.05) is 27.7 Å². The Morgan fingerprint density at radius 3 is 2.65 bits per heavy atom. The van der Waals surface area contributed by atoms with Gasteiger partial charge < -0.3 is 9.84 Å². The van der Waals surface area contributed by atoms with E-state index in [-0.39, 0.29) is 24.0 Å². The molecule has 23 heavy (non-hydrogen) atoms. The van der Waals surface area contributed by atoms with Gasteiger partial charge in [-0.2, -0.15) is 4.98 Å². The van der Waals surface area contributed by atoms with Crippen molar-refractivity contribution in [3.8, 4) is 0 Å². The number of amides is 3. The molecule has 2 atom stereocenters. The number of nitrogens with one attached hydrogen (secondary N) is 1. The monoisotopic (exact) mass is 321 g/mol. The number of carbonyl (C=O) groups is 2. The SMILES string of the molecule is CCc1noc([C@H](C)N2CC[C@]3(C2)NC(=O)N(C(C)C)C3=O)n1. The molecule has 8 heteroatoms. The summed E-state index contributed by atoms with van der Waals surface area (Å²) in [6.45, 7) is 8.80. The maximum atomic E-state index is 12.7. The minimum Gasteiger partial charge on any atom is -0.338 e. The molecule has 2 fully saturated rings. The highest BCUT2D eigenvalue weighted by atomic mass is 16.5. The summed E-state index contributed by atoms with van der Waals surface area (Å²) in [4.78, 5) is 32.6. The lowest BCUT2D eigenvalue weighted by Gasteiger charge is -2.25. The number of hydrogen-bond acceptors (Lipinski definition) is 6. The third-order valence-corrected chi connectivity index (χ3v) is 4.71. The average Bonchev–Trinajstić information content (AvgIpc) is 3.18. The third kappa shape index (κ3) is 2.50. The standard InChI is InChI=1S/C15H23N5O3/c1-5-11-16-12(23-18-11)10(4)19-7-6-15(8-19)13(21)20(9(2)3)14(22)17-15/h9-10H,5-8H2,1-4H3,(H,17,22)/t10-,15+/m0/s1. The van der Waals surface area contributed by atoms with Gasteiger partial charge in [0.05, 0.1) is 6.04 Å². The fraction of sp³-hybridized carbons (Fsp3) is 0.733. The predicted molar refractivity (Wildman–Crippen MR) is 81.5 cm³/mol. The summed E-state index contributed by atoms with van der Waals surface area (Å²) in [5, 5.41) is 6.81. The van der Waals surface area contributed by atoms with Crippen LogP contribution in [0.5, 0.6) is 0 Å². The van der Waals surface area contributed by atoms with Gasteiger partial charge in [0.2, 0.25) is 5.89 Å². The molecular formula is C15H23N5O3. The molecule has 126 valence electrons. The molecule has 0 radical (unpaired) electrons. The lowest BCUT2D eigenvalue weighted by Crippen LogP contribution is -2.49. The molecule has 1 aromatic heterocycles. The smallest absolute Gasteiger partial charge is 0.325 e. The molecule has 0 aromatic carbocycles. The van der Waals surface area contributed by atoms with Gasteiger partial charge >= 0.3 is 6.03 Å². The van der Waals surface area contributed by atoms with Crippen LogP contribution in [-0.2, 0) is 11.2 Å². The maximum absolute atomic E-state index is 12.7. The van der Waals surface area contributed by atoms with E-state index in [9.17, 15) is 9.59 Å². The molecule has 8 nitrogen and oxygen atoms in total. The number of imide groups is 1. The largest absolute Gasteiger partial charge is 0.338 e. The predicted octanol–water partition coefficient (Wildman–Crippen LogP) is 1.10. The minimum atomic E-state index is -0.816. The van der Waals surface area contributed by atoms with Crippen molar-refractivity contribution in [1.82, 2.24) is 25.3 Å². The molecule has 3 heterocycles. The van der Waals surface area contributed by atoms with E-state index in [2.05, 4.69) is 20.4 Å². The molecule has 3 rings (SSSR count). The second kappa shape index (κ2) is 5.59. The first-order chi connectivity index (χ1) is 10.9. The van der Waals surface area contributed by atoms with Gasteiger partial charge in [0.1, 0.15) is 5.54 Å². The van der Waals surface area contributed by atoms with Gasteiger partial charge in [0.15, 0.2) is 5.82 Å². The Kier molecular flexibility index (Phi) is 3.87. The first-order valence-corrected chi connectivity index (χ1v) is 8.10. The van der Waals surface area contributed by atoms with E-state index < -0.39 is 5.54 Å². The van der Waals surface area contributed by atoms with Crippen LogP contribution in [0.15, 0.2) is 4.52 Å². The topological polar surface area (TPSA) is 91.6 Å². The Morgan fingerprint density at radius 2 is 2.09 bits per heavy atom. The Balaban J connectivity index is 1.75. The highest BCUT2D eigenvalue weighted by molar-refractivity contribution is 6.07. The number of carbonyl (C=O) groups excluding carboxylic acids is 2. The van der Waals surface area contributed by atoms with Crippen LogP contribution < -0.4 is 5.32 Å². The summed E-state index contributed by atoms with van der Waals surface area (Å²) >= 11 is 0. The summed E-state index contributed by atoms with van der Waals surface area (Å²) in [7, 11) is 0. The quantitative estimate of drug-likeness (QED) is 0.835. The fourth-order valence-corrected chi connectivity index (χ4v) is 3.29. The number of hydrogen-bond donors (Lipinski definition) is 1. The molecule has 3 amide bonds. The van der Waals surface area contributed by atoms with Gasteiger partial charge in [-0.15, -0.1) is 0 Å². The number of aryl methyl sites for hydroxylation is 1. The van der Waals surface area contributed by atoms with Crippen LogP contribution >= 0.6 is 0 Å². The van der Waals surface area contributed by atoms with Gasteiger partial charge in [-0.25, -0.2) is 4.79 Å². The maximum Gasteiger partial charge on any atom is 0.325 e. The molecule has 2 saturated heterocycles. The Hall–Kier alpha value is -1.96. The van der Waals surface area contributed by atoms with E-state index in [1.54, 1.807) is 0 Å². The molecule has 0 unspecified atom stereocenters. The highest BCUT2D eigenvalue weighted by Gasteiger charge is 2.56. The van der Waals surface area contributed by atoms with Crippen LogP contribution in [0.25, 0.3) is 0 Å². The van der Waals surface area contributed by atoms with Crippen LogP contribution in [0, 0.1) is 0 Å². The third-order valence-electron chi connectivity index (χ3n) is 4.71. The van der Waals surface area contributed by atoms with Gasteiger partial charge in [-0.3, -0.25) is 14.6 Å². The number of urea groups is 1. The molecular weight excluding hydrogens is 298 g/mol. The van der Waals surface area contributed by atoms with Crippen molar-refractivity contribution >= 4 is 11.9 Å². The molecule has 0 saturated carbocycles. The zero-order valence-corrected chi connectivity index (χ0v) is 14.0. The van der Waals surface area contributed by atoms with E-state index in [0.29, 0.717) is 31.2 Å². The van der Waals surface area contributed by atoms with E-state index in [1.165, 1.54) is 4.90 Å². The van der Waals surface area contributed by atoms with Crippen molar-refractivity contribution in [1.29, 1.82) is 0 Å². The zero-order valence-electron chi connectivity index (χ0n) is 14.0. The molecule has 1 spiro atoms. The van der Waals surface area contributed by atoms with Crippen molar-refractivity contribution in [2.75, 3.05) is 13.1 Å². The Labute approximate surface area is 135 Å². The molecule has 0 aliphatic carbocycles. The number of aromatic nitrogens is 2. The average molecular weight is 321 g/mol. The van der Waals surface area contributed by atoms with Gasteiger partial charge in [-0.05, 0) is 27.2 Å². The van der Waals surface area contributed by atoms with Gasteiger partial charge in [0, 0.05) is 25.6 Å². The second-order valence-electron chi connectivity index (χ2n) is 6.58. The van der Waals surface area contributed by atoms with Crippen LogP contribution in [-0.4, -0.2) is 56.5 Å². The van der Waals surface area contributed by atoms with Crippen molar-refractivity contribution in [2.24, 2.45) is 0 Å². The van der Waals surface area contributed by atoms with Crippen molar-refractivity contribution in [2.45, 2.75) is 58.2 Å². The molecule has 2 aliphatic heterocycles. The summed E-state index contributed by atoms with van der Waals surface area (Å²) in [5.74, 6) is 1.10. The van der Waals surface area contributed by atoms with Crippen molar-refractivity contribution < 1.29 is 14.1 Å². The highest BCUT2D eigenvalue weighted by Crippen LogP contribution is 2.34. The first kappa shape index (κ1) is 15.9. The fourth-order valence-electron chi connectivity index (χ4n) is 3.29. The van der Waals surface area contributed by atoms with Crippen LogP contribution in [0.1, 0.15) is 51.9 Å². The lowest BCUT2D eigenvalue weighted by molar-refractivity contribution is -0.132. The summed E-state index contributed by atoms with van der Waals surface area (Å²) in [6.07, 6.45) is 1.32. The Morgan fingerprint density at radius 1 is 1.35 bits per heavy atom. The lowest BCUT2D eigenvalue weighted by atomic mass is 9.98. The van der Waals surface area contributed by atoms with Crippen LogP contribution in [0.3, 0.4) is 0 Å². The molecule has 1 aromatic rings. The first-order valence-electron chi connectivity index (χ1n) is 8.10. The summed E-state index contributed by atoms with van der Waals surface area (Å²) in [6, 6.07) is -0.526. The van der Waals surface area contributed by atoms with Gasteiger partial charge in [0.25, 0.3) is 5.91 Å². The summed E-state index contributed by atoms with van der Waals surface area (Å²) < 4.78 is 5.30. The van der Waals surface area contributed by atoms with Crippen molar-refractivity contribution in [3.63, 3.8) is 0 Å². The Bertz CT molecular complexity index is 628. The van der Waals surface area contributed by atoms with Crippen LogP contribution in [0.2, 0.25) is 0 Å². The molecule has 0 bridgehead atoms. The van der Waals surface area contributed by atoms with E-state index in [4.69, 9.17) is 4.52 Å². The minimum absolute atomic E-state index is 0.0834. The van der Waals surface area contributed by atoms with Crippen molar-refractivity contribution in [3.05, 3.63) is 11.7 Å².